The number of halogens is 1. The molecule has 0 aliphatic carbocycles. The number of benzene rings is 1. The SMILES string of the molecule is O=C(O)c1cc(O)c(Cl)cc1[N+](=O)[O-]. The van der Waals surface area contributed by atoms with Gasteiger partial charge in [0.15, 0.2) is 0 Å². The molecule has 0 amide bonds. The predicted molar refractivity (Wildman–Crippen MR) is 46.7 cm³/mol. The van der Waals surface area contributed by atoms with Gasteiger partial charge in [-0.1, -0.05) is 11.6 Å². The highest BCUT2D eigenvalue weighted by molar-refractivity contribution is 6.32. The van der Waals surface area contributed by atoms with E-state index in [0.29, 0.717) is 0 Å². The number of nitro groups is 1. The number of phenolic OH excluding ortho intramolecular Hbond substituents is 1. The maximum absolute atomic E-state index is 10.5. The van der Waals surface area contributed by atoms with E-state index in [1.54, 1.807) is 0 Å². The molecular weight excluding hydrogens is 214 g/mol. The molecule has 0 aliphatic rings. The number of nitrogens with zero attached hydrogens (tertiary/aromatic N) is 1. The van der Waals surface area contributed by atoms with Crippen LogP contribution in [-0.2, 0) is 0 Å². The van der Waals surface area contributed by atoms with E-state index < -0.39 is 27.9 Å². The van der Waals surface area contributed by atoms with E-state index in [9.17, 15) is 14.9 Å². The van der Waals surface area contributed by atoms with Crippen molar-refractivity contribution in [1.29, 1.82) is 0 Å². The maximum Gasteiger partial charge on any atom is 0.342 e. The highest BCUT2D eigenvalue weighted by Crippen LogP contribution is 2.31. The number of hydrogen-bond donors (Lipinski definition) is 2. The number of carboxylic acid groups (broad SMARTS) is 1. The van der Waals surface area contributed by atoms with Crippen LogP contribution in [0, 0.1) is 10.1 Å². The van der Waals surface area contributed by atoms with Crippen molar-refractivity contribution in [2.45, 2.75) is 0 Å². The maximum atomic E-state index is 10.5. The third-order valence-corrected chi connectivity index (χ3v) is 1.79. The van der Waals surface area contributed by atoms with Crippen LogP contribution in [0.15, 0.2) is 12.1 Å². The number of aromatic carboxylic acids is 1. The summed E-state index contributed by atoms with van der Waals surface area (Å²) in [6.07, 6.45) is 0. The fraction of sp³-hybridized carbons (Fsp3) is 0. The van der Waals surface area contributed by atoms with E-state index in [-0.39, 0.29) is 5.02 Å². The van der Waals surface area contributed by atoms with Gasteiger partial charge in [-0.15, -0.1) is 0 Å². The fourth-order valence-electron chi connectivity index (χ4n) is 0.874. The average molecular weight is 218 g/mol. The lowest BCUT2D eigenvalue weighted by molar-refractivity contribution is -0.385. The molecule has 1 aromatic carbocycles. The fourth-order valence-corrected chi connectivity index (χ4v) is 1.03. The average Bonchev–Trinajstić information content (AvgIpc) is 2.08. The molecule has 0 bridgehead atoms. The van der Waals surface area contributed by atoms with Crippen molar-refractivity contribution >= 4 is 23.3 Å². The van der Waals surface area contributed by atoms with Gasteiger partial charge in [0, 0.05) is 12.1 Å². The normalized spacial score (nSPS) is 9.79. The van der Waals surface area contributed by atoms with Gasteiger partial charge in [0.1, 0.15) is 11.3 Å². The monoisotopic (exact) mass is 217 g/mol. The van der Waals surface area contributed by atoms with Crippen LogP contribution < -0.4 is 0 Å². The quantitative estimate of drug-likeness (QED) is 0.579. The van der Waals surface area contributed by atoms with Crippen molar-refractivity contribution in [3.63, 3.8) is 0 Å². The van der Waals surface area contributed by atoms with Crippen LogP contribution >= 0.6 is 11.6 Å². The summed E-state index contributed by atoms with van der Waals surface area (Å²) in [6, 6.07) is 1.53. The van der Waals surface area contributed by atoms with Gasteiger partial charge in [0.25, 0.3) is 5.69 Å². The molecular formula is C7H4ClNO5. The van der Waals surface area contributed by atoms with E-state index in [2.05, 4.69) is 0 Å². The number of hydrogen-bond acceptors (Lipinski definition) is 4. The molecule has 74 valence electrons. The summed E-state index contributed by atoms with van der Waals surface area (Å²) >= 11 is 5.39. The number of carboxylic acids is 1. The summed E-state index contributed by atoms with van der Waals surface area (Å²) in [5.74, 6) is -2.00. The van der Waals surface area contributed by atoms with Crippen LogP contribution in [0.5, 0.6) is 5.75 Å². The lowest BCUT2D eigenvalue weighted by Crippen LogP contribution is -2.02. The Labute approximate surface area is 82.5 Å². The molecule has 0 unspecified atom stereocenters. The first-order valence-electron chi connectivity index (χ1n) is 3.33. The summed E-state index contributed by atoms with van der Waals surface area (Å²) in [5.41, 5.74) is -1.25. The van der Waals surface area contributed by atoms with Gasteiger partial charge >= 0.3 is 5.97 Å². The molecule has 0 saturated carbocycles. The van der Waals surface area contributed by atoms with Crippen LogP contribution in [0.1, 0.15) is 10.4 Å². The molecule has 0 aromatic heterocycles. The molecule has 0 saturated heterocycles. The van der Waals surface area contributed by atoms with E-state index in [1.165, 1.54) is 0 Å². The van der Waals surface area contributed by atoms with Gasteiger partial charge in [0.05, 0.1) is 9.95 Å². The Morgan fingerprint density at radius 3 is 2.50 bits per heavy atom. The number of aromatic hydroxyl groups is 1. The minimum absolute atomic E-state index is 0.262. The molecule has 1 aromatic rings. The zero-order chi connectivity index (χ0) is 10.9. The Morgan fingerprint density at radius 1 is 1.50 bits per heavy atom. The van der Waals surface area contributed by atoms with E-state index in [4.69, 9.17) is 21.8 Å². The molecule has 6 nitrogen and oxygen atoms in total. The molecule has 14 heavy (non-hydrogen) atoms. The Morgan fingerprint density at radius 2 is 2.07 bits per heavy atom. The lowest BCUT2D eigenvalue weighted by atomic mass is 10.1. The third kappa shape index (κ3) is 1.74. The van der Waals surface area contributed by atoms with Crippen LogP contribution in [0.2, 0.25) is 5.02 Å². The third-order valence-electron chi connectivity index (χ3n) is 1.49. The van der Waals surface area contributed by atoms with E-state index in [0.717, 1.165) is 12.1 Å². The summed E-state index contributed by atoms with van der Waals surface area (Å²) in [7, 11) is 0. The Balaban J connectivity index is 3.46. The van der Waals surface area contributed by atoms with Gasteiger partial charge in [-0.2, -0.15) is 0 Å². The standard InChI is InChI=1S/C7H4ClNO5/c8-4-2-5(9(13)14)3(7(11)12)1-6(4)10/h1-2,10H,(H,11,12). The minimum Gasteiger partial charge on any atom is -0.506 e. The molecule has 1 rings (SSSR count). The minimum atomic E-state index is -1.50. The van der Waals surface area contributed by atoms with Crippen molar-refractivity contribution in [3.8, 4) is 5.75 Å². The zero-order valence-corrected chi connectivity index (χ0v) is 7.35. The van der Waals surface area contributed by atoms with Crippen LogP contribution in [-0.4, -0.2) is 21.1 Å². The van der Waals surface area contributed by atoms with Crippen molar-refractivity contribution in [3.05, 3.63) is 32.8 Å². The second-order valence-electron chi connectivity index (χ2n) is 2.38. The number of phenols is 1. The van der Waals surface area contributed by atoms with Gasteiger partial charge in [-0.05, 0) is 0 Å². The largest absolute Gasteiger partial charge is 0.506 e. The number of carbonyl (C=O) groups is 1. The summed E-state index contributed by atoms with van der Waals surface area (Å²) < 4.78 is 0. The molecule has 0 heterocycles. The Hall–Kier alpha value is -1.82. The first-order valence-corrected chi connectivity index (χ1v) is 3.71. The Kier molecular flexibility index (Phi) is 2.57. The van der Waals surface area contributed by atoms with Crippen LogP contribution in [0.3, 0.4) is 0 Å². The van der Waals surface area contributed by atoms with Crippen molar-refractivity contribution in [1.82, 2.24) is 0 Å². The molecule has 2 N–H and O–H groups in total. The summed E-state index contributed by atoms with van der Waals surface area (Å²) in [4.78, 5) is 20.0. The molecule has 0 atom stereocenters. The highest BCUT2D eigenvalue weighted by atomic mass is 35.5. The van der Waals surface area contributed by atoms with Crippen molar-refractivity contribution < 1.29 is 19.9 Å². The van der Waals surface area contributed by atoms with Crippen molar-refractivity contribution in [2.75, 3.05) is 0 Å². The Bertz CT molecular complexity index is 378. The predicted octanol–water partition coefficient (Wildman–Crippen LogP) is 1.65. The van der Waals surface area contributed by atoms with Gasteiger partial charge < -0.3 is 10.2 Å². The van der Waals surface area contributed by atoms with Gasteiger partial charge in [-0.25, -0.2) is 4.79 Å². The molecule has 0 spiro atoms. The molecule has 7 heteroatoms. The van der Waals surface area contributed by atoms with Crippen LogP contribution in [0.25, 0.3) is 0 Å². The van der Waals surface area contributed by atoms with E-state index >= 15 is 0 Å². The van der Waals surface area contributed by atoms with Gasteiger partial charge in [0.2, 0.25) is 0 Å². The zero-order valence-electron chi connectivity index (χ0n) is 6.60. The van der Waals surface area contributed by atoms with E-state index in [1.807, 2.05) is 0 Å². The second-order valence-corrected chi connectivity index (χ2v) is 2.79. The topological polar surface area (TPSA) is 101 Å². The van der Waals surface area contributed by atoms with Crippen LogP contribution in [0.4, 0.5) is 5.69 Å². The van der Waals surface area contributed by atoms with Crippen molar-refractivity contribution in [2.24, 2.45) is 0 Å². The summed E-state index contributed by atoms with van der Waals surface area (Å²) in [5, 5.41) is 27.7. The first-order chi connectivity index (χ1) is 6.43. The molecule has 0 radical (unpaired) electrons. The number of nitro benzene ring substituents is 1. The molecule has 0 aliphatic heterocycles. The summed E-state index contributed by atoms with van der Waals surface area (Å²) in [6.45, 7) is 0. The second kappa shape index (κ2) is 3.51. The highest BCUT2D eigenvalue weighted by Gasteiger charge is 2.22. The smallest absolute Gasteiger partial charge is 0.342 e. The van der Waals surface area contributed by atoms with Gasteiger partial charge in [-0.3, -0.25) is 10.1 Å². The lowest BCUT2D eigenvalue weighted by Gasteiger charge is -2.00. The first kappa shape index (κ1) is 10.3. The number of rotatable bonds is 2. The molecule has 0 fully saturated rings.